The molecule has 1 aromatic heterocycles. The number of pyridine rings is 1. The summed E-state index contributed by atoms with van der Waals surface area (Å²) >= 11 is 0. The van der Waals surface area contributed by atoms with Gasteiger partial charge in [0.2, 0.25) is 0 Å². The van der Waals surface area contributed by atoms with Crippen molar-refractivity contribution in [2.24, 2.45) is 0 Å². The molecule has 0 radical (unpaired) electrons. The van der Waals surface area contributed by atoms with Gasteiger partial charge in [-0.05, 0) is 50.7 Å². The van der Waals surface area contributed by atoms with E-state index >= 15 is 0 Å². The minimum Gasteiger partial charge on any atom is -0.336 e. The summed E-state index contributed by atoms with van der Waals surface area (Å²) in [6.45, 7) is 5.65. The van der Waals surface area contributed by atoms with Gasteiger partial charge in [-0.25, -0.2) is 0 Å². The van der Waals surface area contributed by atoms with E-state index in [2.05, 4.69) is 52.2 Å². The molecule has 3 heterocycles. The van der Waals surface area contributed by atoms with Crippen LogP contribution in [0.3, 0.4) is 0 Å². The summed E-state index contributed by atoms with van der Waals surface area (Å²) in [7, 11) is 2.21. The fourth-order valence-electron chi connectivity index (χ4n) is 4.54. The summed E-state index contributed by atoms with van der Waals surface area (Å²) in [5.41, 5.74) is 2.25. The zero-order chi connectivity index (χ0) is 18.7. The Balaban J connectivity index is 1.50. The van der Waals surface area contributed by atoms with Crippen molar-refractivity contribution in [3.05, 3.63) is 66.0 Å². The van der Waals surface area contributed by atoms with Gasteiger partial charge in [0.15, 0.2) is 0 Å². The summed E-state index contributed by atoms with van der Waals surface area (Å²) < 4.78 is 0. The van der Waals surface area contributed by atoms with E-state index in [9.17, 15) is 4.79 Å². The van der Waals surface area contributed by atoms with Gasteiger partial charge in [-0.2, -0.15) is 0 Å². The second-order valence-electron chi connectivity index (χ2n) is 7.72. The largest absolute Gasteiger partial charge is 0.336 e. The van der Waals surface area contributed by atoms with Gasteiger partial charge in [0, 0.05) is 49.7 Å². The summed E-state index contributed by atoms with van der Waals surface area (Å²) in [4.78, 5) is 23.8. The van der Waals surface area contributed by atoms with Crippen LogP contribution in [0.15, 0.2) is 54.9 Å². The Hall–Kier alpha value is -2.24. The topological polar surface area (TPSA) is 39.7 Å². The van der Waals surface area contributed by atoms with E-state index in [-0.39, 0.29) is 11.4 Å². The van der Waals surface area contributed by atoms with E-state index in [1.807, 2.05) is 4.90 Å². The third-order valence-electron chi connectivity index (χ3n) is 6.22. The van der Waals surface area contributed by atoms with Gasteiger partial charge >= 0.3 is 0 Å². The van der Waals surface area contributed by atoms with E-state index in [0.717, 1.165) is 57.7 Å². The maximum atomic E-state index is 12.7. The van der Waals surface area contributed by atoms with Crippen LogP contribution in [0.5, 0.6) is 0 Å². The second-order valence-corrected chi connectivity index (χ2v) is 7.72. The number of benzene rings is 1. The number of amides is 1. The molecule has 2 aromatic rings. The number of nitrogens with zero attached hydrogens (tertiary/aromatic N) is 4. The van der Waals surface area contributed by atoms with Crippen molar-refractivity contribution in [2.45, 2.75) is 18.4 Å². The van der Waals surface area contributed by atoms with Crippen molar-refractivity contribution in [1.82, 2.24) is 19.7 Å². The van der Waals surface area contributed by atoms with Crippen LogP contribution < -0.4 is 0 Å². The summed E-state index contributed by atoms with van der Waals surface area (Å²) in [5.74, 6) is 0.120. The van der Waals surface area contributed by atoms with Crippen LogP contribution in [0.1, 0.15) is 28.8 Å². The molecule has 0 atom stereocenters. The Morgan fingerprint density at radius 2 is 1.52 bits per heavy atom. The average Bonchev–Trinajstić information content (AvgIpc) is 2.75. The first-order valence-electron chi connectivity index (χ1n) is 9.87. The lowest BCUT2D eigenvalue weighted by Crippen LogP contribution is -2.59. The van der Waals surface area contributed by atoms with E-state index in [1.165, 1.54) is 5.56 Å². The first-order chi connectivity index (χ1) is 13.2. The van der Waals surface area contributed by atoms with Crippen molar-refractivity contribution in [1.29, 1.82) is 0 Å². The Morgan fingerprint density at radius 1 is 0.889 bits per heavy atom. The first kappa shape index (κ1) is 18.1. The average molecular weight is 364 g/mol. The molecule has 142 valence electrons. The molecule has 2 aliphatic rings. The minimum absolute atomic E-state index is 0.0968. The molecular weight excluding hydrogens is 336 g/mol. The van der Waals surface area contributed by atoms with E-state index in [0.29, 0.717) is 0 Å². The first-order valence-corrected chi connectivity index (χ1v) is 9.87. The van der Waals surface area contributed by atoms with Crippen molar-refractivity contribution < 1.29 is 4.79 Å². The van der Waals surface area contributed by atoms with Gasteiger partial charge in [-0.3, -0.25) is 14.7 Å². The molecule has 5 nitrogen and oxygen atoms in total. The third-order valence-corrected chi connectivity index (χ3v) is 6.22. The maximum Gasteiger partial charge on any atom is 0.254 e. The van der Waals surface area contributed by atoms with Crippen molar-refractivity contribution in [3.63, 3.8) is 0 Å². The number of likely N-dealkylation sites (tertiary alicyclic amines) is 1. The normalized spacial score (nSPS) is 21.1. The van der Waals surface area contributed by atoms with Crippen LogP contribution >= 0.6 is 0 Å². The monoisotopic (exact) mass is 364 g/mol. The SMILES string of the molecule is CN1CCC(c2ccccc2)(N2CCN(C(=O)c3ccncc3)CC2)CC1. The zero-order valence-corrected chi connectivity index (χ0v) is 16.1. The fraction of sp³-hybridized carbons (Fsp3) is 0.455. The molecule has 5 heteroatoms. The highest BCUT2D eigenvalue weighted by molar-refractivity contribution is 5.94. The summed E-state index contributed by atoms with van der Waals surface area (Å²) in [6, 6.07) is 14.6. The van der Waals surface area contributed by atoms with Crippen LogP contribution in [-0.4, -0.2) is 71.9 Å². The van der Waals surface area contributed by atoms with Crippen molar-refractivity contribution >= 4 is 5.91 Å². The van der Waals surface area contributed by atoms with Crippen LogP contribution in [0, 0.1) is 0 Å². The molecule has 0 bridgehead atoms. The van der Waals surface area contributed by atoms with E-state index < -0.39 is 0 Å². The van der Waals surface area contributed by atoms with E-state index in [4.69, 9.17) is 0 Å². The fourth-order valence-corrected chi connectivity index (χ4v) is 4.54. The number of piperidine rings is 1. The maximum absolute atomic E-state index is 12.7. The number of hydrogen-bond donors (Lipinski definition) is 0. The van der Waals surface area contributed by atoms with Crippen LogP contribution in [-0.2, 0) is 5.54 Å². The number of hydrogen-bond acceptors (Lipinski definition) is 4. The molecule has 2 fully saturated rings. The molecule has 0 aliphatic carbocycles. The van der Waals surface area contributed by atoms with Gasteiger partial charge < -0.3 is 9.80 Å². The molecule has 0 saturated carbocycles. The summed E-state index contributed by atoms with van der Waals surface area (Å²) in [5, 5.41) is 0. The van der Waals surface area contributed by atoms with Crippen molar-refractivity contribution in [3.8, 4) is 0 Å². The molecule has 0 unspecified atom stereocenters. The standard InChI is InChI=1S/C22H28N4O/c1-24-13-9-22(10-14-24,20-5-3-2-4-6-20)26-17-15-25(16-18-26)21(27)19-7-11-23-12-8-19/h2-8,11-12H,9-10,13-18H2,1H3. The molecule has 0 N–H and O–H groups in total. The summed E-state index contributed by atoms with van der Waals surface area (Å²) in [6.07, 6.45) is 5.66. The Kier molecular flexibility index (Phi) is 5.23. The molecule has 1 aromatic carbocycles. The molecular formula is C22H28N4O. The lowest BCUT2D eigenvalue weighted by Gasteiger charge is -2.51. The number of carbonyl (C=O) groups excluding carboxylic acids is 1. The molecule has 0 spiro atoms. The van der Waals surface area contributed by atoms with Crippen molar-refractivity contribution in [2.75, 3.05) is 46.3 Å². The number of aromatic nitrogens is 1. The minimum atomic E-state index is 0.0968. The van der Waals surface area contributed by atoms with Gasteiger partial charge in [-0.15, -0.1) is 0 Å². The van der Waals surface area contributed by atoms with Gasteiger partial charge in [0.25, 0.3) is 5.91 Å². The molecule has 1 amide bonds. The second kappa shape index (κ2) is 7.79. The highest BCUT2D eigenvalue weighted by Crippen LogP contribution is 2.39. The molecule has 2 aliphatic heterocycles. The number of carbonyl (C=O) groups is 1. The third kappa shape index (κ3) is 3.62. The van der Waals surface area contributed by atoms with Crippen LogP contribution in [0.2, 0.25) is 0 Å². The van der Waals surface area contributed by atoms with Crippen LogP contribution in [0.25, 0.3) is 0 Å². The highest BCUT2D eigenvalue weighted by Gasteiger charge is 2.42. The number of piperazine rings is 1. The molecule has 2 saturated heterocycles. The van der Waals surface area contributed by atoms with Gasteiger partial charge in [-0.1, -0.05) is 30.3 Å². The lowest BCUT2D eigenvalue weighted by molar-refractivity contribution is -0.00752. The lowest BCUT2D eigenvalue weighted by atomic mass is 9.79. The predicted octanol–water partition coefficient (Wildman–Crippen LogP) is 2.46. The molecule has 4 rings (SSSR count). The number of rotatable bonds is 3. The Morgan fingerprint density at radius 3 is 2.15 bits per heavy atom. The quantitative estimate of drug-likeness (QED) is 0.839. The van der Waals surface area contributed by atoms with Crippen LogP contribution in [0.4, 0.5) is 0 Å². The highest BCUT2D eigenvalue weighted by atomic mass is 16.2. The molecule has 27 heavy (non-hydrogen) atoms. The Bertz CT molecular complexity index is 748. The van der Waals surface area contributed by atoms with E-state index in [1.54, 1.807) is 24.5 Å². The predicted molar refractivity (Wildman–Crippen MR) is 107 cm³/mol. The Labute approximate surface area is 161 Å². The smallest absolute Gasteiger partial charge is 0.254 e. The van der Waals surface area contributed by atoms with Gasteiger partial charge in [0.05, 0.1) is 0 Å². The van der Waals surface area contributed by atoms with Gasteiger partial charge in [0.1, 0.15) is 0 Å². The zero-order valence-electron chi connectivity index (χ0n) is 16.1.